The second-order valence-electron chi connectivity index (χ2n) is 6.89. The van der Waals surface area contributed by atoms with Crippen LogP contribution < -0.4 is 14.4 Å². The maximum absolute atomic E-state index is 13.5. The number of ether oxygens (including phenoxy) is 2. The Labute approximate surface area is 180 Å². The molecule has 156 valence electrons. The van der Waals surface area contributed by atoms with Gasteiger partial charge >= 0.3 is 5.91 Å². The zero-order valence-electron chi connectivity index (χ0n) is 15.9. The molecule has 1 N–H and O–H groups in total. The van der Waals surface area contributed by atoms with E-state index >= 15 is 0 Å². The minimum Gasteiger partial charge on any atom is -0.507 e. The first-order valence-electron chi connectivity index (χ1n) is 9.40. The molecule has 0 aliphatic carbocycles. The maximum Gasteiger partial charge on any atom is 0.301 e. The van der Waals surface area contributed by atoms with E-state index < -0.39 is 23.5 Å². The molecular formula is C22H15FN2O5S. The number of Topliss-reactive ketones (excluding diaryl/α,β-unsaturated/α-hetero) is 1. The number of nitrogens with zero attached hydrogens (tertiary/aromatic N) is 2. The number of anilines is 1. The molecule has 1 amide bonds. The number of halogens is 1. The van der Waals surface area contributed by atoms with E-state index in [0.29, 0.717) is 41.0 Å². The molecule has 2 aliphatic rings. The Morgan fingerprint density at radius 3 is 2.55 bits per heavy atom. The lowest BCUT2D eigenvalue weighted by Gasteiger charge is -2.23. The maximum atomic E-state index is 13.5. The summed E-state index contributed by atoms with van der Waals surface area (Å²) in [5, 5.41) is 13.1. The molecule has 31 heavy (non-hydrogen) atoms. The highest BCUT2D eigenvalue weighted by atomic mass is 32.1. The fourth-order valence-corrected chi connectivity index (χ4v) is 4.34. The molecule has 1 aromatic heterocycles. The fraction of sp³-hybridized carbons (Fsp3) is 0.136. The van der Waals surface area contributed by atoms with Crippen LogP contribution in [0.3, 0.4) is 0 Å². The van der Waals surface area contributed by atoms with Gasteiger partial charge in [0.25, 0.3) is 5.78 Å². The van der Waals surface area contributed by atoms with E-state index in [1.807, 2.05) is 0 Å². The van der Waals surface area contributed by atoms with Crippen molar-refractivity contribution in [2.45, 2.75) is 6.04 Å². The Balaban J connectivity index is 1.68. The first kappa shape index (κ1) is 19.3. The van der Waals surface area contributed by atoms with E-state index in [9.17, 15) is 19.1 Å². The molecule has 3 aromatic rings. The van der Waals surface area contributed by atoms with Crippen molar-refractivity contribution in [2.24, 2.45) is 0 Å². The Morgan fingerprint density at radius 1 is 1.10 bits per heavy atom. The summed E-state index contributed by atoms with van der Waals surface area (Å²) >= 11 is 1.18. The average Bonchev–Trinajstić information content (AvgIpc) is 3.40. The number of aliphatic hydroxyl groups is 1. The summed E-state index contributed by atoms with van der Waals surface area (Å²) in [6.45, 7) is 0.781. The fourth-order valence-electron chi connectivity index (χ4n) is 3.67. The largest absolute Gasteiger partial charge is 0.507 e. The molecule has 2 aromatic carbocycles. The summed E-state index contributed by atoms with van der Waals surface area (Å²) < 4.78 is 24.6. The van der Waals surface area contributed by atoms with Crippen LogP contribution in [0, 0.1) is 5.82 Å². The molecule has 3 heterocycles. The van der Waals surface area contributed by atoms with Gasteiger partial charge < -0.3 is 14.6 Å². The second kappa shape index (κ2) is 7.51. The molecule has 0 unspecified atom stereocenters. The summed E-state index contributed by atoms with van der Waals surface area (Å²) in [6.07, 6.45) is 1.52. The number of rotatable bonds is 3. The zero-order valence-corrected chi connectivity index (χ0v) is 16.8. The molecule has 0 spiro atoms. The predicted molar refractivity (Wildman–Crippen MR) is 111 cm³/mol. The van der Waals surface area contributed by atoms with Crippen molar-refractivity contribution in [3.8, 4) is 11.5 Å². The first-order chi connectivity index (χ1) is 15.0. The lowest BCUT2D eigenvalue weighted by Crippen LogP contribution is -2.29. The minimum atomic E-state index is -0.958. The summed E-state index contributed by atoms with van der Waals surface area (Å²) in [5.41, 5.74) is 0.659. The third-order valence-corrected chi connectivity index (χ3v) is 5.84. The number of fused-ring (bicyclic) bond motifs is 1. The molecule has 2 aliphatic heterocycles. The number of carbonyl (C=O) groups excluding carboxylic acids is 2. The first-order valence-corrected chi connectivity index (χ1v) is 10.3. The molecule has 0 radical (unpaired) electrons. The van der Waals surface area contributed by atoms with E-state index in [-0.39, 0.29) is 11.3 Å². The lowest BCUT2D eigenvalue weighted by atomic mass is 9.95. The van der Waals surface area contributed by atoms with E-state index in [1.54, 1.807) is 23.6 Å². The summed E-state index contributed by atoms with van der Waals surface area (Å²) in [6, 6.07) is 9.24. The molecule has 0 bridgehead atoms. The van der Waals surface area contributed by atoms with Crippen LogP contribution in [0.5, 0.6) is 11.5 Å². The van der Waals surface area contributed by atoms with Crippen LogP contribution in [0.4, 0.5) is 9.52 Å². The highest BCUT2D eigenvalue weighted by Gasteiger charge is 2.48. The average molecular weight is 438 g/mol. The van der Waals surface area contributed by atoms with Gasteiger partial charge in [-0.25, -0.2) is 9.37 Å². The number of hydrogen-bond donors (Lipinski definition) is 1. The minimum absolute atomic E-state index is 0.108. The molecule has 1 saturated heterocycles. The van der Waals surface area contributed by atoms with Crippen LogP contribution in [0.25, 0.3) is 5.76 Å². The number of aliphatic hydroxyl groups excluding tert-OH is 1. The van der Waals surface area contributed by atoms with Gasteiger partial charge in [-0.1, -0.05) is 12.1 Å². The number of aromatic nitrogens is 1. The van der Waals surface area contributed by atoms with E-state index in [4.69, 9.17) is 9.47 Å². The van der Waals surface area contributed by atoms with Gasteiger partial charge in [0.1, 0.15) is 24.8 Å². The van der Waals surface area contributed by atoms with Crippen LogP contribution in [0.2, 0.25) is 0 Å². The zero-order chi connectivity index (χ0) is 21.5. The van der Waals surface area contributed by atoms with Gasteiger partial charge in [-0.15, -0.1) is 11.3 Å². The Bertz CT molecular complexity index is 1210. The Hall–Kier alpha value is -3.72. The highest BCUT2D eigenvalue weighted by molar-refractivity contribution is 7.14. The SMILES string of the molecule is O=C1C(=O)N(c2nccs2)[C@H](c2ccc(F)cc2)C1=C(O)c1ccc2c(c1)OCCO2. The molecule has 1 atom stereocenters. The summed E-state index contributed by atoms with van der Waals surface area (Å²) in [4.78, 5) is 31.3. The van der Waals surface area contributed by atoms with Crippen LogP contribution in [-0.4, -0.2) is 35.0 Å². The standard InChI is InChI=1S/C22H15FN2O5S/c23-14-4-1-12(2-5-14)18-17(20(27)21(28)25(18)22-24-7-10-31-22)19(26)13-3-6-15-16(11-13)30-9-8-29-15/h1-7,10-11,18,26H,8-9H2/t18-/m1/s1. The Morgan fingerprint density at radius 2 is 1.84 bits per heavy atom. The number of amides is 1. The lowest BCUT2D eigenvalue weighted by molar-refractivity contribution is -0.132. The van der Waals surface area contributed by atoms with E-state index in [1.165, 1.54) is 46.7 Å². The Kier molecular flexibility index (Phi) is 4.67. The van der Waals surface area contributed by atoms with Crippen molar-refractivity contribution in [3.63, 3.8) is 0 Å². The summed E-state index contributed by atoms with van der Waals surface area (Å²) in [5.74, 6) is -1.52. The summed E-state index contributed by atoms with van der Waals surface area (Å²) in [7, 11) is 0. The van der Waals surface area contributed by atoms with Crippen LogP contribution in [0.15, 0.2) is 59.6 Å². The van der Waals surface area contributed by atoms with Crippen molar-refractivity contribution in [3.05, 3.63) is 76.6 Å². The number of carbonyl (C=O) groups is 2. The monoisotopic (exact) mass is 438 g/mol. The van der Waals surface area contributed by atoms with Gasteiger partial charge in [-0.05, 0) is 35.9 Å². The van der Waals surface area contributed by atoms with E-state index in [2.05, 4.69) is 4.98 Å². The van der Waals surface area contributed by atoms with E-state index in [0.717, 1.165) is 0 Å². The number of hydrogen-bond acceptors (Lipinski definition) is 7. The van der Waals surface area contributed by atoms with Gasteiger partial charge in [0, 0.05) is 17.1 Å². The molecule has 5 rings (SSSR count). The van der Waals surface area contributed by atoms with Crippen LogP contribution in [-0.2, 0) is 9.59 Å². The number of benzene rings is 2. The molecule has 1 fully saturated rings. The molecule has 7 nitrogen and oxygen atoms in total. The predicted octanol–water partition coefficient (Wildman–Crippen LogP) is 3.68. The number of ketones is 1. The van der Waals surface area contributed by atoms with Crippen molar-refractivity contribution >= 4 is 33.9 Å². The topological polar surface area (TPSA) is 89.0 Å². The number of thiazole rings is 1. The van der Waals surface area contributed by atoms with Crippen LogP contribution >= 0.6 is 11.3 Å². The molecule has 0 saturated carbocycles. The highest BCUT2D eigenvalue weighted by Crippen LogP contribution is 2.43. The third-order valence-electron chi connectivity index (χ3n) is 5.07. The smallest absolute Gasteiger partial charge is 0.301 e. The molecular weight excluding hydrogens is 423 g/mol. The van der Waals surface area contributed by atoms with Gasteiger partial charge in [0.15, 0.2) is 16.6 Å². The third kappa shape index (κ3) is 3.23. The van der Waals surface area contributed by atoms with Crippen molar-refractivity contribution in [1.82, 2.24) is 4.98 Å². The van der Waals surface area contributed by atoms with Gasteiger partial charge in [0.2, 0.25) is 0 Å². The normalized spacial score (nSPS) is 19.6. The van der Waals surface area contributed by atoms with Crippen LogP contribution in [0.1, 0.15) is 17.2 Å². The quantitative estimate of drug-likeness (QED) is 0.381. The van der Waals surface area contributed by atoms with Crippen molar-refractivity contribution < 1.29 is 28.6 Å². The van der Waals surface area contributed by atoms with Crippen molar-refractivity contribution in [1.29, 1.82) is 0 Å². The van der Waals surface area contributed by atoms with Gasteiger partial charge in [0.05, 0.1) is 11.6 Å². The second-order valence-corrected chi connectivity index (χ2v) is 7.77. The van der Waals surface area contributed by atoms with Gasteiger partial charge in [-0.2, -0.15) is 0 Å². The molecule has 9 heteroatoms. The van der Waals surface area contributed by atoms with Gasteiger partial charge in [-0.3, -0.25) is 14.5 Å². The van der Waals surface area contributed by atoms with Crippen molar-refractivity contribution in [2.75, 3.05) is 18.1 Å².